The smallest absolute Gasteiger partial charge is 0.307 e. The van der Waals surface area contributed by atoms with Crippen LogP contribution in [0.15, 0.2) is 59.6 Å². The fraction of sp³-hybridized carbons (Fsp3) is 0.414. The van der Waals surface area contributed by atoms with Crippen LogP contribution >= 0.6 is 11.6 Å². The second kappa shape index (κ2) is 11.9. The lowest BCUT2D eigenvalue weighted by Crippen LogP contribution is -2.65. The molecule has 2 saturated heterocycles. The minimum absolute atomic E-state index is 0.0265. The molecule has 0 spiro atoms. The second-order valence-corrected chi connectivity index (χ2v) is 12.9. The van der Waals surface area contributed by atoms with E-state index in [1.807, 2.05) is 25.0 Å². The Morgan fingerprint density at radius 1 is 1.10 bits per heavy atom. The molecule has 3 aromatic rings. The van der Waals surface area contributed by atoms with Crippen LogP contribution in [-0.2, 0) is 24.3 Å². The molecule has 0 saturated carbocycles. The summed E-state index contributed by atoms with van der Waals surface area (Å²) in [5.41, 5.74) is 2.08. The zero-order valence-electron chi connectivity index (χ0n) is 23.4. The van der Waals surface area contributed by atoms with Gasteiger partial charge >= 0.3 is 5.97 Å². The van der Waals surface area contributed by atoms with Gasteiger partial charge in [0.2, 0.25) is 10.0 Å². The minimum Gasteiger partial charge on any atom is -0.469 e. The Hall–Kier alpha value is -3.25. The minimum atomic E-state index is -4.02. The first kappa shape index (κ1) is 29.2. The third-order valence-electron chi connectivity index (χ3n) is 7.95. The van der Waals surface area contributed by atoms with Crippen molar-refractivity contribution in [2.75, 3.05) is 45.2 Å². The van der Waals surface area contributed by atoms with Crippen LogP contribution in [0.4, 0.5) is 5.69 Å². The van der Waals surface area contributed by atoms with Crippen molar-refractivity contribution in [2.24, 2.45) is 0 Å². The van der Waals surface area contributed by atoms with E-state index in [4.69, 9.17) is 16.3 Å². The standard InChI is InChI=1S/C29H34ClN5O5S/c1-20-14-25(8-11-31-20)33-12-9-24(10-13-33)32(2)35-26(17-29(37)40-3)18-34(19-28(35)36)41(38,39)27-7-5-21-15-23(30)6-4-22(21)16-27/h4-8,11,14-16,24,26H,9-10,12-13,17-19H2,1-3H3. The van der Waals surface area contributed by atoms with E-state index in [0.717, 1.165) is 48.1 Å². The number of esters is 1. The van der Waals surface area contributed by atoms with Crippen LogP contribution in [0.5, 0.6) is 0 Å². The Morgan fingerprint density at radius 3 is 2.51 bits per heavy atom. The first-order valence-corrected chi connectivity index (χ1v) is 15.4. The maximum Gasteiger partial charge on any atom is 0.307 e. The molecule has 41 heavy (non-hydrogen) atoms. The average molecular weight is 600 g/mol. The Bertz CT molecular complexity index is 1560. The Morgan fingerprint density at radius 2 is 1.80 bits per heavy atom. The number of aryl methyl sites for hydroxylation is 1. The normalized spacial score (nSPS) is 19.2. The Kier molecular flexibility index (Phi) is 8.51. The van der Waals surface area contributed by atoms with Crippen molar-refractivity contribution in [3.63, 3.8) is 0 Å². The number of piperazine rings is 1. The molecule has 1 atom stereocenters. The molecule has 0 aliphatic carbocycles. The van der Waals surface area contributed by atoms with Crippen LogP contribution in [0.1, 0.15) is 25.0 Å². The topological polar surface area (TPSA) is 103 Å². The lowest BCUT2D eigenvalue weighted by atomic mass is 10.0. The molecule has 2 aliphatic rings. The number of ether oxygens (including phenoxy) is 1. The largest absolute Gasteiger partial charge is 0.469 e. The predicted molar refractivity (Wildman–Crippen MR) is 157 cm³/mol. The van der Waals surface area contributed by atoms with E-state index in [0.29, 0.717) is 5.02 Å². The highest BCUT2D eigenvalue weighted by Gasteiger charge is 2.43. The molecule has 218 valence electrons. The number of hydrazine groups is 1. The molecule has 2 aromatic carbocycles. The monoisotopic (exact) mass is 599 g/mol. The summed E-state index contributed by atoms with van der Waals surface area (Å²) in [5.74, 6) is -0.887. The number of aromatic nitrogens is 1. The van der Waals surface area contributed by atoms with Gasteiger partial charge in [0.05, 0.1) is 31.0 Å². The molecule has 1 amide bonds. The molecule has 0 radical (unpaired) electrons. The van der Waals surface area contributed by atoms with Crippen molar-refractivity contribution in [3.8, 4) is 0 Å². The number of rotatable bonds is 7. The van der Waals surface area contributed by atoms with Gasteiger partial charge in [0.1, 0.15) is 0 Å². The van der Waals surface area contributed by atoms with E-state index in [-0.39, 0.29) is 36.4 Å². The summed E-state index contributed by atoms with van der Waals surface area (Å²) >= 11 is 6.08. The van der Waals surface area contributed by atoms with Crippen LogP contribution in [0.25, 0.3) is 10.8 Å². The van der Waals surface area contributed by atoms with E-state index >= 15 is 0 Å². The van der Waals surface area contributed by atoms with Crippen LogP contribution < -0.4 is 4.90 Å². The lowest BCUT2D eigenvalue weighted by Gasteiger charge is -2.48. The van der Waals surface area contributed by atoms with Crippen molar-refractivity contribution in [3.05, 3.63) is 65.4 Å². The summed E-state index contributed by atoms with van der Waals surface area (Å²) in [6.07, 6.45) is 3.29. The van der Waals surface area contributed by atoms with Crippen molar-refractivity contribution in [1.29, 1.82) is 0 Å². The number of fused-ring (bicyclic) bond motifs is 1. The summed E-state index contributed by atoms with van der Waals surface area (Å²) in [5, 5.41) is 5.56. The number of benzene rings is 2. The van der Waals surface area contributed by atoms with Gasteiger partial charge in [-0.1, -0.05) is 23.7 Å². The van der Waals surface area contributed by atoms with E-state index in [9.17, 15) is 18.0 Å². The number of amides is 1. The number of carbonyl (C=O) groups excluding carboxylic acids is 2. The number of nitrogens with zero attached hydrogens (tertiary/aromatic N) is 5. The molecule has 3 heterocycles. The molecule has 1 aromatic heterocycles. The van der Waals surface area contributed by atoms with E-state index < -0.39 is 22.0 Å². The fourth-order valence-electron chi connectivity index (χ4n) is 5.75. The van der Waals surface area contributed by atoms with Crippen molar-refractivity contribution < 1.29 is 22.7 Å². The molecule has 0 N–H and O–H groups in total. The van der Waals surface area contributed by atoms with Crippen molar-refractivity contribution in [2.45, 2.75) is 43.2 Å². The van der Waals surface area contributed by atoms with Crippen LogP contribution in [0.3, 0.4) is 0 Å². The highest BCUT2D eigenvalue weighted by atomic mass is 35.5. The summed E-state index contributed by atoms with van der Waals surface area (Å²) in [6.45, 7) is 3.22. The molecule has 10 nitrogen and oxygen atoms in total. The lowest BCUT2D eigenvalue weighted by molar-refractivity contribution is -0.168. The highest BCUT2D eigenvalue weighted by Crippen LogP contribution is 2.29. The molecular formula is C29H34ClN5O5S. The number of sulfonamides is 1. The van der Waals surface area contributed by atoms with Gasteiger partial charge in [0.25, 0.3) is 5.91 Å². The third-order valence-corrected chi connectivity index (χ3v) is 9.99. The van der Waals surface area contributed by atoms with Gasteiger partial charge in [0, 0.05) is 55.3 Å². The van der Waals surface area contributed by atoms with Gasteiger partial charge in [-0.05, 0) is 66.9 Å². The maximum absolute atomic E-state index is 13.7. The number of anilines is 1. The number of pyridine rings is 1. The molecule has 0 bridgehead atoms. The molecule has 12 heteroatoms. The fourth-order valence-corrected chi connectivity index (χ4v) is 7.40. The van der Waals surface area contributed by atoms with Crippen molar-refractivity contribution >= 4 is 50.0 Å². The second-order valence-electron chi connectivity index (χ2n) is 10.6. The summed E-state index contributed by atoms with van der Waals surface area (Å²) in [7, 11) is -0.887. The number of hydrogen-bond donors (Lipinski definition) is 0. The zero-order chi connectivity index (χ0) is 29.3. The maximum atomic E-state index is 13.7. The van der Waals surface area contributed by atoms with Gasteiger partial charge < -0.3 is 9.64 Å². The SMILES string of the molecule is COC(=O)CC1CN(S(=O)(=O)c2ccc3cc(Cl)ccc3c2)CC(=O)N1N(C)C1CCN(c2ccnc(C)c2)CC1. The third kappa shape index (κ3) is 6.18. The molecule has 2 fully saturated rings. The van der Waals surface area contributed by atoms with Crippen LogP contribution in [0, 0.1) is 6.92 Å². The number of piperidine rings is 1. The van der Waals surface area contributed by atoms with Gasteiger partial charge in [-0.25, -0.2) is 13.4 Å². The van der Waals surface area contributed by atoms with Crippen LogP contribution in [0.2, 0.25) is 5.02 Å². The first-order chi connectivity index (χ1) is 19.6. The highest BCUT2D eigenvalue weighted by molar-refractivity contribution is 7.89. The Balaban J connectivity index is 1.34. The van der Waals surface area contributed by atoms with Crippen molar-refractivity contribution in [1.82, 2.24) is 19.3 Å². The first-order valence-electron chi connectivity index (χ1n) is 13.6. The van der Waals surface area contributed by atoms with Gasteiger partial charge in [-0.2, -0.15) is 4.31 Å². The molecule has 1 unspecified atom stereocenters. The molecular weight excluding hydrogens is 566 g/mol. The molecule has 2 aliphatic heterocycles. The van der Waals surface area contributed by atoms with E-state index in [1.165, 1.54) is 17.5 Å². The van der Waals surface area contributed by atoms with Gasteiger partial charge in [0.15, 0.2) is 0 Å². The summed E-state index contributed by atoms with van der Waals surface area (Å²) in [6, 6.07) is 13.4. The number of carbonyl (C=O) groups is 2. The van der Waals surface area contributed by atoms with Gasteiger partial charge in [-0.15, -0.1) is 0 Å². The zero-order valence-corrected chi connectivity index (χ0v) is 24.9. The number of hydrogen-bond acceptors (Lipinski definition) is 8. The molecule has 5 rings (SSSR count). The van der Waals surface area contributed by atoms with E-state index in [2.05, 4.69) is 16.0 Å². The number of methoxy groups -OCH3 is 1. The van der Waals surface area contributed by atoms with Gasteiger partial charge in [-0.3, -0.25) is 19.6 Å². The average Bonchev–Trinajstić information content (AvgIpc) is 2.96. The number of halogens is 1. The van der Waals surface area contributed by atoms with Crippen LogP contribution in [-0.4, -0.2) is 92.0 Å². The quantitative estimate of drug-likeness (QED) is 0.380. The Labute approximate surface area is 245 Å². The summed E-state index contributed by atoms with van der Waals surface area (Å²) in [4.78, 5) is 32.7. The summed E-state index contributed by atoms with van der Waals surface area (Å²) < 4.78 is 33.5. The van der Waals surface area contributed by atoms with E-state index in [1.54, 1.807) is 41.5 Å². The predicted octanol–water partition coefficient (Wildman–Crippen LogP) is 3.48.